The van der Waals surface area contributed by atoms with Gasteiger partial charge in [-0.1, -0.05) is 19.9 Å². The Morgan fingerprint density at radius 1 is 1.12 bits per heavy atom. The summed E-state index contributed by atoms with van der Waals surface area (Å²) in [6, 6.07) is 5.74. The minimum Gasteiger partial charge on any atom is -0.396 e. The number of aliphatic hydroxyl groups is 1. The van der Waals surface area contributed by atoms with Gasteiger partial charge >= 0.3 is 6.18 Å². The molecule has 2 fully saturated rings. The van der Waals surface area contributed by atoms with Gasteiger partial charge in [0.1, 0.15) is 0 Å². The molecule has 6 nitrogen and oxygen atoms in total. The number of rotatable bonds is 8. The van der Waals surface area contributed by atoms with Crippen LogP contribution < -0.4 is 4.90 Å². The monoisotopic (exact) mass is 505 g/mol. The first-order chi connectivity index (χ1) is 15.9. The summed E-state index contributed by atoms with van der Waals surface area (Å²) in [4.78, 5) is 6.48. The van der Waals surface area contributed by atoms with Crippen molar-refractivity contribution in [3.8, 4) is 0 Å². The van der Waals surface area contributed by atoms with Crippen LogP contribution in [-0.4, -0.2) is 94.2 Å². The maximum Gasteiger partial charge on any atom is 0.401 e. The third kappa shape index (κ3) is 7.32. The zero-order valence-corrected chi connectivity index (χ0v) is 21.2. The number of likely N-dealkylation sites (tertiary alicyclic amines) is 1. The van der Waals surface area contributed by atoms with Crippen LogP contribution in [0.4, 0.5) is 18.9 Å². The van der Waals surface area contributed by atoms with Gasteiger partial charge in [0.25, 0.3) is 0 Å². The lowest BCUT2D eigenvalue weighted by Crippen LogP contribution is -2.57. The number of halogens is 3. The minimum atomic E-state index is -4.14. The van der Waals surface area contributed by atoms with Crippen molar-refractivity contribution in [1.29, 1.82) is 0 Å². The summed E-state index contributed by atoms with van der Waals surface area (Å²) < 4.78 is 62.7. The molecule has 0 unspecified atom stereocenters. The van der Waals surface area contributed by atoms with Crippen LogP contribution in [0.25, 0.3) is 0 Å². The quantitative estimate of drug-likeness (QED) is 0.586. The number of alkyl halides is 3. The van der Waals surface area contributed by atoms with E-state index in [1.54, 1.807) is 12.1 Å². The van der Waals surface area contributed by atoms with Gasteiger partial charge in [0.05, 0.1) is 11.4 Å². The van der Waals surface area contributed by atoms with E-state index in [4.69, 9.17) is 0 Å². The number of piperazine rings is 1. The molecule has 3 rings (SSSR count). The summed E-state index contributed by atoms with van der Waals surface area (Å²) in [5.41, 5.74) is 1.50. The zero-order chi connectivity index (χ0) is 25.1. The van der Waals surface area contributed by atoms with Gasteiger partial charge < -0.3 is 10.0 Å². The summed E-state index contributed by atoms with van der Waals surface area (Å²) in [6.45, 7) is 7.67. The predicted molar refractivity (Wildman–Crippen MR) is 128 cm³/mol. The van der Waals surface area contributed by atoms with E-state index in [-0.39, 0.29) is 17.5 Å². The maximum atomic E-state index is 12.7. The number of benzene rings is 1. The molecule has 1 aromatic carbocycles. The summed E-state index contributed by atoms with van der Waals surface area (Å²) >= 11 is 0. The Morgan fingerprint density at radius 2 is 1.79 bits per heavy atom. The number of sulfone groups is 1. The van der Waals surface area contributed by atoms with Crippen LogP contribution >= 0.6 is 0 Å². The Hall–Kier alpha value is -1.36. The summed E-state index contributed by atoms with van der Waals surface area (Å²) in [5.74, 6) is 0.781. The third-order valence-corrected chi connectivity index (χ3v) is 8.28. The van der Waals surface area contributed by atoms with Crippen molar-refractivity contribution >= 4 is 15.5 Å². The second kappa shape index (κ2) is 11.1. The molecule has 0 saturated carbocycles. The lowest BCUT2D eigenvalue weighted by molar-refractivity contribution is -0.148. The number of hydrogen-bond acceptors (Lipinski definition) is 6. The third-order valence-electron chi connectivity index (χ3n) is 7.10. The molecular weight excluding hydrogens is 467 g/mol. The first kappa shape index (κ1) is 27.2. The first-order valence-electron chi connectivity index (χ1n) is 12.1. The lowest BCUT2D eigenvalue weighted by Gasteiger charge is -2.46. The Balaban J connectivity index is 1.65. The van der Waals surface area contributed by atoms with Gasteiger partial charge in [-0.05, 0) is 61.9 Å². The molecule has 0 aliphatic carbocycles. The van der Waals surface area contributed by atoms with Gasteiger partial charge in [0.2, 0.25) is 0 Å². The minimum absolute atomic E-state index is 0.106. The number of piperidine rings is 1. The molecule has 0 amide bonds. The van der Waals surface area contributed by atoms with Gasteiger partial charge in [-0.2, -0.15) is 13.2 Å². The normalized spacial score (nSPS) is 22.0. The van der Waals surface area contributed by atoms with E-state index in [1.165, 1.54) is 11.2 Å². The number of aliphatic hydroxyl groups excluding tert-OH is 1. The fourth-order valence-corrected chi connectivity index (χ4v) is 6.25. The highest BCUT2D eigenvalue weighted by Gasteiger charge is 2.35. The van der Waals surface area contributed by atoms with Crippen molar-refractivity contribution in [1.82, 2.24) is 9.80 Å². The molecule has 2 heterocycles. The van der Waals surface area contributed by atoms with Crippen molar-refractivity contribution < 1.29 is 26.7 Å². The van der Waals surface area contributed by atoms with Crippen molar-refractivity contribution in [2.75, 3.05) is 63.6 Å². The van der Waals surface area contributed by atoms with E-state index in [2.05, 4.69) is 23.6 Å². The molecule has 34 heavy (non-hydrogen) atoms. The molecule has 2 aliphatic heterocycles. The van der Waals surface area contributed by atoms with Gasteiger partial charge in [-0.3, -0.25) is 9.80 Å². The molecule has 1 aromatic rings. The molecule has 0 spiro atoms. The van der Waals surface area contributed by atoms with E-state index in [1.807, 2.05) is 6.07 Å². The molecule has 10 heteroatoms. The van der Waals surface area contributed by atoms with Gasteiger partial charge in [0.15, 0.2) is 9.84 Å². The molecular formula is C24H38F3N3O3S. The Bertz CT molecular complexity index is 916. The average Bonchev–Trinajstić information content (AvgIpc) is 2.74. The topological polar surface area (TPSA) is 64.1 Å². The fourth-order valence-electron chi connectivity index (χ4n) is 5.27. The Kier molecular flexibility index (Phi) is 8.92. The smallest absolute Gasteiger partial charge is 0.396 e. The van der Waals surface area contributed by atoms with Crippen LogP contribution in [-0.2, 0) is 16.3 Å². The number of anilines is 1. The van der Waals surface area contributed by atoms with Crippen LogP contribution in [0.5, 0.6) is 0 Å². The summed E-state index contributed by atoms with van der Waals surface area (Å²) in [5, 5.41) is 9.29. The van der Waals surface area contributed by atoms with Crippen LogP contribution in [0.15, 0.2) is 23.1 Å². The van der Waals surface area contributed by atoms with Crippen LogP contribution in [0.1, 0.15) is 32.3 Å². The average molecular weight is 506 g/mol. The molecule has 1 atom stereocenters. The van der Waals surface area contributed by atoms with Crippen molar-refractivity contribution in [3.63, 3.8) is 0 Å². The van der Waals surface area contributed by atoms with Crippen LogP contribution in [0, 0.1) is 11.8 Å². The highest BCUT2D eigenvalue weighted by molar-refractivity contribution is 7.90. The van der Waals surface area contributed by atoms with Gasteiger partial charge in [-0.15, -0.1) is 0 Å². The predicted octanol–water partition coefficient (Wildman–Crippen LogP) is 3.05. The molecule has 2 aliphatic rings. The lowest BCUT2D eigenvalue weighted by atomic mass is 9.92. The Morgan fingerprint density at radius 3 is 2.35 bits per heavy atom. The molecule has 0 bridgehead atoms. The van der Waals surface area contributed by atoms with Crippen LogP contribution in [0.2, 0.25) is 0 Å². The summed E-state index contributed by atoms with van der Waals surface area (Å²) in [7, 11) is -3.42. The standard InChI is InChI=1S/C24H38F3N3O3S/c1-18(2)22-16-29(21-5-4-20(8-13-31)23(14-21)34(3,32)33)11-12-30(22)15-19-6-9-28(10-7-19)17-24(25,26)27/h4-5,14,18-19,22,31H,6-13,15-17H2,1-3H3/t22-/m1/s1. The van der Waals surface area contributed by atoms with Crippen molar-refractivity contribution in [2.24, 2.45) is 11.8 Å². The Labute approximate surface area is 201 Å². The summed E-state index contributed by atoms with van der Waals surface area (Å²) in [6.07, 6.45) is -1.08. The number of nitrogens with zero attached hydrogens (tertiary/aromatic N) is 3. The first-order valence-corrected chi connectivity index (χ1v) is 14.0. The van der Waals surface area contributed by atoms with E-state index in [0.717, 1.165) is 44.7 Å². The highest BCUT2D eigenvalue weighted by Crippen LogP contribution is 2.29. The van der Waals surface area contributed by atoms with Crippen LogP contribution in [0.3, 0.4) is 0 Å². The van der Waals surface area contributed by atoms with Gasteiger partial charge in [-0.25, -0.2) is 8.42 Å². The molecule has 194 valence electrons. The molecule has 1 N–H and O–H groups in total. The molecule has 0 aromatic heterocycles. The second-order valence-electron chi connectivity index (χ2n) is 10.1. The van der Waals surface area contributed by atoms with Gasteiger partial charge in [0, 0.05) is 50.8 Å². The molecule has 2 saturated heterocycles. The fraction of sp³-hybridized carbons (Fsp3) is 0.750. The second-order valence-corrected chi connectivity index (χ2v) is 12.1. The van der Waals surface area contributed by atoms with E-state index in [0.29, 0.717) is 36.9 Å². The van der Waals surface area contributed by atoms with E-state index >= 15 is 0 Å². The van der Waals surface area contributed by atoms with Crippen molar-refractivity contribution in [3.05, 3.63) is 23.8 Å². The van der Waals surface area contributed by atoms with E-state index in [9.17, 15) is 26.7 Å². The largest absolute Gasteiger partial charge is 0.401 e. The maximum absolute atomic E-state index is 12.7. The highest BCUT2D eigenvalue weighted by atomic mass is 32.2. The van der Waals surface area contributed by atoms with Crippen molar-refractivity contribution in [2.45, 2.75) is 50.2 Å². The zero-order valence-electron chi connectivity index (χ0n) is 20.4. The molecule has 0 radical (unpaired) electrons. The SMILES string of the molecule is CC(C)[C@H]1CN(c2ccc(CCO)c(S(C)(=O)=O)c2)CCN1CC1CCN(CC(F)(F)F)CC1. The van der Waals surface area contributed by atoms with E-state index < -0.39 is 22.6 Å². The number of hydrogen-bond donors (Lipinski definition) is 1.